The zero-order chi connectivity index (χ0) is 15.4. The summed E-state index contributed by atoms with van der Waals surface area (Å²) in [4.78, 5) is 0. The molecular weight excluding hydrogens is 330 g/mol. The van der Waals surface area contributed by atoms with Crippen LogP contribution in [0.3, 0.4) is 0 Å². The van der Waals surface area contributed by atoms with Gasteiger partial charge >= 0.3 is 0 Å². The molecule has 1 aromatic heterocycles. The van der Waals surface area contributed by atoms with Crippen LogP contribution in [0.2, 0.25) is 0 Å². The van der Waals surface area contributed by atoms with Crippen molar-refractivity contribution < 1.29 is 4.74 Å². The summed E-state index contributed by atoms with van der Waals surface area (Å²) in [5.74, 6) is 0.890. The number of rotatable bonds is 6. The topological polar surface area (TPSA) is 39.1 Å². The maximum atomic E-state index is 5.79. The zero-order valence-electron chi connectivity index (χ0n) is 12.9. The molecule has 0 fully saturated rings. The molecule has 0 saturated heterocycles. The average Bonchev–Trinajstić information content (AvgIpc) is 2.81. The molecule has 0 radical (unpaired) electrons. The second-order valence-electron chi connectivity index (χ2n) is 5.15. The highest BCUT2D eigenvalue weighted by atomic mass is 79.9. The molecule has 1 aromatic carbocycles. The Labute approximate surface area is 134 Å². The third-order valence-corrected chi connectivity index (χ3v) is 3.87. The lowest BCUT2D eigenvalue weighted by atomic mass is 10.0. The number of hydrogen-bond acceptors (Lipinski definition) is 3. The molecule has 2 aromatic rings. The standard InChI is InChI=1S/C16H22BrN3O/c1-5-20-16(14(17)10-19-20)15(18-4)12-7-6-8-13(9-12)21-11(2)3/h6-11,15,18H,5H2,1-4H3. The second-order valence-corrected chi connectivity index (χ2v) is 6.01. The first kappa shape index (κ1) is 16.0. The van der Waals surface area contributed by atoms with Gasteiger partial charge in [0.25, 0.3) is 0 Å². The van der Waals surface area contributed by atoms with Crippen LogP contribution < -0.4 is 10.1 Å². The fraction of sp³-hybridized carbons (Fsp3) is 0.438. The number of ether oxygens (including phenoxy) is 1. The van der Waals surface area contributed by atoms with E-state index in [4.69, 9.17) is 4.74 Å². The van der Waals surface area contributed by atoms with Gasteiger partial charge in [0.2, 0.25) is 0 Å². The maximum absolute atomic E-state index is 5.79. The van der Waals surface area contributed by atoms with Gasteiger partial charge in [-0.2, -0.15) is 5.10 Å². The molecule has 1 N–H and O–H groups in total. The first-order chi connectivity index (χ1) is 10.1. The molecule has 0 spiro atoms. The molecule has 1 atom stereocenters. The van der Waals surface area contributed by atoms with Gasteiger partial charge in [-0.3, -0.25) is 4.68 Å². The van der Waals surface area contributed by atoms with Crippen LogP contribution in [0, 0.1) is 0 Å². The van der Waals surface area contributed by atoms with Gasteiger partial charge in [0, 0.05) is 6.54 Å². The second kappa shape index (κ2) is 7.09. The van der Waals surface area contributed by atoms with Crippen LogP contribution in [-0.2, 0) is 6.54 Å². The predicted molar refractivity (Wildman–Crippen MR) is 88.7 cm³/mol. The average molecular weight is 352 g/mol. The van der Waals surface area contributed by atoms with Gasteiger partial charge in [0.1, 0.15) is 5.75 Å². The first-order valence-corrected chi connectivity index (χ1v) is 8.01. The van der Waals surface area contributed by atoms with Crippen molar-refractivity contribution in [1.82, 2.24) is 15.1 Å². The lowest BCUT2D eigenvalue weighted by Crippen LogP contribution is -2.22. The van der Waals surface area contributed by atoms with Crippen molar-refractivity contribution in [3.05, 3.63) is 46.2 Å². The molecule has 0 saturated carbocycles. The molecule has 0 aliphatic heterocycles. The van der Waals surface area contributed by atoms with E-state index in [-0.39, 0.29) is 12.1 Å². The zero-order valence-corrected chi connectivity index (χ0v) is 14.5. The quantitative estimate of drug-likeness (QED) is 0.860. The van der Waals surface area contributed by atoms with Crippen LogP contribution in [0.5, 0.6) is 5.75 Å². The predicted octanol–water partition coefficient (Wildman–Crippen LogP) is 3.76. The molecule has 21 heavy (non-hydrogen) atoms. The minimum absolute atomic E-state index is 0.0672. The molecule has 0 bridgehead atoms. The molecule has 5 heteroatoms. The summed E-state index contributed by atoms with van der Waals surface area (Å²) < 4.78 is 8.81. The number of benzene rings is 1. The van der Waals surface area contributed by atoms with Crippen LogP contribution in [0.1, 0.15) is 38.1 Å². The number of aromatic nitrogens is 2. The summed E-state index contributed by atoms with van der Waals surface area (Å²) in [5.41, 5.74) is 2.29. The van der Waals surface area contributed by atoms with Crippen molar-refractivity contribution in [3.8, 4) is 5.75 Å². The highest BCUT2D eigenvalue weighted by Gasteiger charge is 2.20. The first-order valence-electron chi connectivity index (χ1n) is 7.21. The highest BCUT2D eigenvalue weighted by molar-refractivity contribution is 9.10. The monoisotopic (exact) mass is 351 g/mol. The Kier molecular flexibility index (Phi) is 5.42. The van der Waals surface area contributed by atoms with Crippen molar-refractivity contribution in [2.45, 2.75) is 39.5 Å². The molecule has 0 aliphatic rings. The third-order valence-electron chi connectivity index (χ3n) is 3.26. The lowest BCUT2D eigenvalue weighted by molar-refractivity contribution is 0.242. The molecule has 0 aliphatic carbocycles. The van der Waals surface area contributed by atoms with E-state index in [1.807, 2.05) is 43.9 Å². The Morgan fingerprint density at radius 2 is 2.14 bits per heavy atom. The third kappa shape index (κ3) is 3.66. The Morgan fingerprint density at radius 1 is 1.38 bits per heavy atom. The van der Waals surface area contributed by atoms with Crippen LogP contribution in [0.25, 0.3) is 0 Å². The van der Waals surface area contributed by atoms with Gasteiger partial charge in [-0.05, 0) is 61.4 Å². The van der Waals surface area contributed by atoms with Gasteiger partial charge in [-0.1, -0.05) is 12.1 Å². The molecule has 1 heterocycles. The summed E-state index contributed by atoms with van der Waals surface area (Å²) in [6.07, 6.45) is 2.01. The number of halogens is 1. The van der Waals surface area contributed by atoms with Gasteiger partial charge in [0.05, 0.1) is 28.5 Å². The molecule has 114 valence electrons. The van der Waals surface area contributed by atoms with E-state index in [0.29, 0.717) is 0 Å². The van der Waals surface area contributed by atoms with E-state index in [1.165, 1.54) is 0 Å². The van der Waals surface area contributed by atoms with Crippen molar-refractivity contribution >= 4 is 15.9 Å². The van der Waals surface area contributed by atoms with Crippen molar-refractivity contribution in [2.24, 2.45) is 0 Å². The number of nitrogens with one attached hydrogen (secondary N) is 1. The van der Waals surface area contributed by atoms with E-state index in [2.05, 4.69) is 45.4 Å². The van der Waals surface area contributed by atoms with E-state index < -0.39 is 0 Å². The smallest absolute Gasteiger partial charge is 0.120 e. The maximum Gasteiger partial charge on any atom is 0.120 e. The normalized spacial score (nSPS) is 12.7. The highest BCUT2D eigenvalue weighted by Crippen LogP contribution is 2.30. The largest absolute Gasteiger partial charge is 0.491 e. The summed E-state index contributed by atoms with van der Waals surface area (Å²) in [7, 11) is 1.96. The summed E-state index contributed by atoms with van der Waals surface area (Å²) in [6.45, 7) is 6.99. The van der Waals surface area contributed by atoms with Crippen molar-refractivity contribution in [3.63, 3.8) is 0 Å². The summed E-state index contributed by atoms with van der Waals surface area (Å²) >= 11 is 3.60. The van der Waals surface area contributed by atoms with Gasteiger partial charge in [-0.25, -0.2) is 0 Å². The minimum Gasteiger partial charge on any atom is -0.491 e. The van der Waals surface area contributed by atoms with Crippen molar-refractivity contribution in [1.29, 1.82) is 0 Å². The molecule has 0 amide bonds. The fourth-order valence-electron chi connectivity index (χ4n) is 2.41. The Morgan fingerprint density at radius 3 is 2.76 bits per heavy atom. The Bertz CT molecular complexity index is 595. The van der Waals surface area contributed by atoms with Crippen LogP contribution in [0.15, 0.2) is 34.9 Å². The molecular formula is C16H22BrN3O. The number of aryl methyl sites for hydroxylation is 1. The summed E-state index contributed by atoms with van der Waals surface area (Å²) in [6, 6.07) is 8.27. The Hall–Kier alpha value is -1.33. The minimum atomic E-state index is 0.0672. The van der Waals surface area contributed by atoms with Crippen LogP contribution in [-0.4, -0.2) is 22.9 Å². The molecule has 1 unspecified atom stereocenters. The molecule has 2 rings (SSSR count). The summed E-state index contributed by atoms with van der Waals surface area (Å²) in [5, 5.41) is 7.77. The van der Waals surface area contributed by atoms with E-state index in [0.717, 1.165) is 28.0 Å². The fourth-order valence-corrected chi connectivity index (χ4v) is 2.94. The van der Waals surface area contributed by atoms with Crippen LogP contribution >= 0.6 is 15.9 Å². The van der Waals surface area contributed by atoms with Crippen LogP contribution in [0.4, 0.5) is 0 Å². The van der Waals surface area contributed by atoms with Gasteiger partial charge in [-0.15, -0.1) is 0 Å². The number of nitrogens with zero attached hydrogens (tertiary/aromatic N) is 2. The Balaban J connectivity index is 2.39. The van der Waals surface area contributed by atoms with Crippen molar-refractivity contribution in [2.75, 3.05) is 7.05 Å². The van der Waals surface area contributed by atoms with E-state index >= 15 is 0 Å². The van der Waals surface area contributed by atoms with Gasteiger partial charge < -0.3 is 10.1 Å². The lowest BCUT2D eigenvalue weighted by Gasteiger charge is -2.20. The van der Waals surface area contributed by atoms with E-state index in [9.17, 15) is 0 Å². The van der Waals surface area contributed by atoms with Gasteiger partial charge in [0.15, 0.2) is 0 Å². The number of hydrogen-bond donors (Lipinski definition) is 1. The SMILES string of the molecule is CCn1ncc(Br)c1C(NC)c1cccc(OC(C)C)c1. The molecule has 4 nitrogen and oxygen atoms in total. The van der Waals surface area contributed by atoms with E-state index in [1.54, 1.807) is 0 Å².